The van der Waals surface area contributed by atoms with Gasteiger partial charge < -0.3 is 30.5 Å². The third-order valence-electron chi connectivity index (χ3n) is 3.60. The summed E-state index contributed by atoms with van der Waals surface area (Å²) >= 11 is 0.896. The Morgan fingerprint density at radius 2 is 2.12 bits per heavy atom. The van der Waals surface area contributed by atoms with Crippen molar-refractivity contribution in [2.24, 2.45) is 0 Å². The molecule has 0 amide bonds. The van der Waals surface area contributed by atoms with Gasteiger partial charge in [0.15, 0.2) is 17.4 Å². The van der Waals surface area contributed by atoms with Gasteiger partial charge in [0, 0.05) is 5.75 Å². The largest absolute Gasteiger partial charge is 0.387 e. The van der Waals surface area contributed by atoms with Crippen molar-refractivity contribution in [2.45, 2.75) is 24.5 Å². The van der Waals surface area contributed by atoms with E-state index < -0.39 is 43.2 Å². The average Bonchev–Trinajstić information content (AvgIpc) is 3.02. The molecule has 2 aromatic rings. The Hall–Kier alpha value is -1.47. The molecule has 2 aromatic heterocycles. The Balaban J connectivity index is 1.82. The molecule has 14 heteroatoms. The van der Waals surface area contributed by atoms with Crippen LogP contribution in [0.25, 0.3) is 11.2 Å². The molecule has 12 nitrogen and oxygen atoms in total. The third-order valence-corrected chi connectivity index (χ3v) is 6.24. The van der Waals surface area contributed by atoms with E-state index in [4.69, 9.17) is 20.3 Å². The van der Waals surface area contributed by atoms with Gasteiger partial charge in [0.05, 0.1) is 17.9 Å². The topological polar surface area (TPSA) is 197 Å². The maximum atomic E-state index is 11.8. The van der Waals surface area contributed by atoms with Gasteiger partial charge in [-0.05, 0) is 0 Å². The van der Waals surface area contributed by atoms with Crippen LogP contribution in [0.2, 0.25) is 0 Å². The number of rotatable bonds is 5. The number of H-pyrrole nitrogens is 1. The number of hydrogen-bond donors (Lipinski definition) is 6. The van der Waals surface area contributed by atoms with E-state index in [1.807, 2.05) is 0 Å². The normalized spacial score (nSPS) is 27.2. The lowest BCUT2D eigenvalue weighted by molar-refractivity contribution is -0.0288. The second-order valence-corrected chi connectivity index (χ2v) is 8.59. The van der Waals surface area contributed by atoms with Crippen LogP contribution in [0.5, 0.6) is 0 Å². The Labute approximate surface area is 144 Å². The number of nitrogen functional groups attached to an aromatic ring is 1. The van der Waals surface area contributed by atoms with Crippen LogP contribution >= 0.6 is 19.4 Å². The summed E-state index contributed by atoms with van der Waals surface area (Å²) < 4.78 is 17.7. The van der Waals surface area contributed by atoms with Gasteiger partial charge in [-0.15, -0.1) is 11.8 Å². The molecule has 0 aliphatic carbocycles. The van der Waals surface area contributed by atoms with E-state index >= 15 is 0 Å². The fraction of sp³-hybridized carbons (Fsp3) is 0.545. The Morgan fingerprint density at radius 1 is 1.40 bits per heavy atom. The molecule has 0 unspecified atom stereocenters. The van der Waals surface area contributed by atoms with E-state index in [0.29, 0.717) is 0 Å². The molecule has 7 N–H and O–H groups in total. The third kappa shape index (κ3) is 3.72. The minimum absolute atomic E-state index is 0.00110. The van der Waals surface area contributed by atoms with Crippen LogP contribution < -0.4 is 11.3 Å². The first-order valence-electron chi connectivity index (χ1n) is 7.03. The summed E-state index contributed by atoms with van der Waals surface area (Å²) in [6, 6.07) is 0. The maximum Gasteiger partial charge on any atom is 0.335 e. The SMILES string of the molecule is Nc1nc2c(ncn2[C@@H]2O[C@H](CSCP(=O)(O)O)[C@@H](O)[C@H]2O)c(=O)[nH]1. The number of nitrogens with one attached hydrogen (secondary N) is 1. The van der Waals surface area contributed by atoms with Crippen molar-refractivity contribution in [3.63, 3.8) is 0 Å². The minimum Gasteiger partial charge on any atom is -0.387 e. The van der Waals surface area contributed by atoms with Crippen LogP contribution in [0.4, 0.5) is 5.95 Å². The Bertz CT molecular complexity index is 881. The molecule has 0 radical (unpaired) electrons. The van der Waals surface area contributed by atoms with Crippen LogP contribution in [-0.2, 0) is 9.30 Å². The van der Waals surface area contributed by atoms with E-state index in [9.17, 15) is 19.6 Å². The molecule has 0 bridgehead atoms. The predicted molar refractivity (Wildman–Crippen MR) is 87.9 cm³/mol. The number of hydrogen-bond acceptors (Lipinski definition) is 9. The number of nitrogens with two attached hydrogens (primary N) is 1. The molecule has 0 saturated carbocycles. The van der Waals surface area contributed by atoms with Gasteiger partial charge in [-0.2, -0.15) is 4.98 Å². The van der Waals surface area contributed by atoms with Gasteiger partial charge >= 0.3 is 7.60 Å². The number of thioether (sulfide) groups is 1. The number of anilines is 1. The molecule has 0 aromatic carbocycles. The van der Waals surface area contributed by atoms with Crippen LogP contribution in [-0.4, -0.2) is 69.1 Å². The number of aromatic amines is 1. The van der Waals surface area contributed by atoms with Gasteiger partial charge in [0.25, 0.3) is 5.56 Å². The Morgan fingerprint density at radius 3 is 2.80 bits per heavy atom. The zero-order valence-electron chi connectivity index (χ0n) is 12.6. The minimum atomic E-state index is -4.18. The van der Waals surface area contributed by atoms with Crippen molar-refractivity contribution in [1.82, 2.24) is 19.5 Å². The summed E-state index contributed by atoms with van der Waals surface area (Å²) in [5.74, 6) is -0.0798. The smallest absolute Gasteiger partial charge is 0.335 e. The second-order valence-electron chi connectivity index (χ2n) is 5.49. The zero-order valence-corrected chi connectivity index (χ0v) is 14.3. The lowest BCUT2D eigenvalue weighted by Gasteiger charge is -2.16. The fourth-order valence-electron chi connectivity index (χ4n) is 2.51. The fourth-order valence-corrected chi connectivity index (χ4v) is 4.39. The number of aliphatic hydroxyl groups excluding tert-OH is 2. The Kier molecular flexibility index (Phi) is 4.90. The summed E-state index contributed by atoms with van der Waals surface area (Å²) in [6.07, 6.45) is -3.34. The molecular weight excluding hydrogens is 377 g/mol. The van der Waals surface area contributed by atoms with Crippen molar-refractivity contribution in [2.75, 3.05) is 17.0 Å². The molecule has 1 saturated heterocycles. The standard InChI is InChI=1S/C11H16N5O7PS/c12-11-14-8-5(9(19)15-11)13-2-16(8)10-7(18)6(17)4(23-10)1-25-3-24(20,21)22/h2,4,6-7,10,17-18H,1,3H2,(H2,20,21,22)(H3,12,14,15,19)/t4-,6-,7-,10-/m1/s1. The molecule has 1 fully saturated rings. The first kappa shape index (κ1) is 18.3. The average molecular weight is 393 g/mol. The number of fused-ring (bicyclic) bond motifs is 1. The monoisotopic (exact) mass is 393 g/mol. The molecule has 3 heterocycles. The molecule has 25 heavy (non-hydrogen) atoms. The highest BCUT2D eigenvalue weighted by atomic mass is 32.2. The second kappa shape index (κ2) is 6.68. The lowest BCUT2D eigenvalue weighted by atomic mass is 10.1. The number of ether oxygens (including phenoxy) is 1. The quantitative estimate of drug-likeness (QED) is 0.313. The summed E-state index contributed by atoms with van der Waals surface area (Å²) in [5.41, 5.74) is 4.61. The molecule has 0 spiro atoms. The first-order chi connectivity index (χ1) is 11.7. The molecule has 3 rings (SSSR count). The summed E-state index contributed by atoms with van der Waals surface area (Å²) in [5, 5.41) is 20.3. The summed E-state index contributed by atoms with van der Waals surface area (Å²) in [7, 11) is -4.18. The lowest BCUT2D eigenvalue weighted by Crippen LogP contribution is -2.32. The number of aromatic nitrogens is 4. The van der Waals surface area contributed by atoms with Crippen molar-refractivity contribution in [1.29, 1.82) is 0 Å². The molecule has 1 aliphatic heterocycles. The van der Waals surface area contributed by atoms with Gasteiger partial charge in [-0.1, -0.05) is 0 Å². The van der Waals surface area contributed by atoms with E-state index in [2.05, 4.69) is 15.0 Å². The first-order valence-corrected chi connectivity index (χ1v) is 9.99. The highest BCUT2D eigenvalue weighted by Crippen LogP contribution is 2.40. The van der Waals surface area contributed by atoms with Crippen molar-refractivity contribution < 1.29 is 29.3 Å². The number of aliphatic hydroxyl groups is 2. The molecule has 1 aliphatic rings. The van der Waals surface area contributed by atoms with Gasteiger partial charge in [-0.25, -0.2) is 4.98 Å². The zero-order chi connectivity index (χ0) is 18.4. The molecular formula is C11H16N5O7PS. The van der Waals surface area contributed by atoms with Crippen LogP contribution in [0.15, 0.2) is 11.1 Å². The predicted octanol–water partition coefficient (Wildman–Crippen LogP) is -1.81. The van der Waals surface area contributed by atoms with Crippen molar-refractivity contribution in [3.8, 4) is 0 Å². The van der Waals surface area contributed by atoms with E-state index in [1.165, 1.54) is 10.9 Å². The van der Waals surface area contributed by atoms with Crippen molar-refractivity contribution >= 4 is 36.5 Å². The molecule has 138 valence electrons. The maximum absolute atomic E-state index is 11.8. The van der Waals surface area contributed by atoms with Crippen molar-refractivity contribution in [3.05, 3.63) is 16.7 Å². The summed E-state index contributed by atoms with van der Waals surface area (Å²) in [4.78, 5) is 39.7. The number of nitrogens with zero attached hydrogens (tertiary/aromatic N) is 3. The van der Waals surface area contributed by atoms with Crippen LogP contribution in [0, 0.1) is 0 Å². The number of imidazole rings is 1. The van der Waals surface area contributed by atoms with Crippen LogP contribution in [0.3, 0.4) is 0 Å². The summed E-state index contributed by atoms with van der Waals surface area (Å²) in [6.45, 7) is 0. The van der Waals surface area contributed by atoms with E-state index in [1.54, 1.807) is 0 Å². The van der Waals surface area contributed by atoms with Gasteiger partial charge in [0.1, 0.15) is 12.2 Å². The van der Waals surface area contributed by atoms with Gasteiger partial charge in [0.2, 0.25) is 5.95 Å². The van der Waals surface area contributed by atoms with E-state index in [-0.39, 0.29) is 22.9 Å². The molecule has 4 atom stereocenters. The van der Waals surface area contributed by atoms with E-state index in [0.717, 1.165) is 11.8 Å². The van der Waals surface area contributed by atoms with Gasteiger partial charge in [-0.3, -0.25) is 18.9 Å². The highest BCUT2D eigenvalue weighted by Gasteiger charge is 2.44. The van der Waals surface area contributed by atoms with Crippen LogP contribution in [0.1, 0.15) is 6.23 Å². The highest BCUT2D eigenvalue weighted by molar-refractivity contribution is 8.04.